The molecule has 2 N–H and O–H groups in total. The smallest absolute Gasteiger partial charge is 0.224 e. The van der Waals surface area contributed by atoms with Gasteiger partial charge in [-0.2, -0.15) is 0 Å². The number of carbonyl (C=O) groups is 1. The molecule has 0 aliphatic heterocycles. The van der Waals surface area contributed by atoms with E-state index < -0.39 is 0 Å². The van der Waals surface area contributed by atoms with Crippen LogP contribution in [-0.2, 0) is 17.8 Å². The van der Waals surface area contributed by atoms with Crippen LogP contribution in [0.5, 0.6) is 0 Å². The minimum absolute atomic E-state index is 0.000578. The van der Waals surface area contributed by atoms with Crippen molar-refractivity contribution in [2.45, 2.75) is 51.0 Å². The predicted molar refractivity (Wildman–Crippen MR) is 113 cm³/mol. The van der Waals surface area contributed by atoms with E-state index in [2.05, 4.69) is 25.9 Å². The van der Waals surface area contributed by atoms with Gasteiger partial charge in [0.1, 0.15) is 0 Å². The van der Waals surface area contributed by atoms with Crippen molar-refractivity contribution in [1.29, 1.82) is 0 Å². The molecule has 1 aliphatic rings. The average molecular weight is 387 g/mol. The van der Waals surface area contributed by atoms with Crippen LogP contribution in [0.25, 0.3) is 16.8 Å². The fourth-order valence-corrected chi connectivity index (χ4v) is 4.38. The molecule has 0 radical (unpaired) electrons. The Morgan fingerprint density at radius 2 is 2.00 bits per heavy atom. The number of imidazole rings is 1. The molecule has 3 heterocycles. The number of nitrogens with one attached hydrogen (secondary N) is 2. The monoisotopic (exact) mass is 387 g/mol. The van der Waals surface area contributed by atoms with E-state index >= 15 is 0 Å². The summed E-state index contributed by atoms with van der Waals surface area (Å²) in [6.07, 6.45) is 12.5. The van der Waals surface area contributed by atoms with Crippen molar-refractivity contribution >= 4 is 22.7 Å². The molecular weight excluding hydrogens is 362 g/mol. The van der Waals surface area contributed by atoms with Gasteiger partial charge in [0.05, 0.1) is 23.8 Å². The van der Waals surface area contributed by atoms with Crippen LogP contribution in [0.3, 0.4) is 0 Å². The summed E-state index contributed by atoms with van der Waals surface area (Å²) in [6.45, 7) is 0.534. The molecule has 4 aromatic rings. The van der Waals surface area contributed by atoms with E-state index in [4.69, 9.17) is 4.98 Å². The number of hydrogen-bond acceptors (Lipinski definition) is 3. The molecule has 6 nitrogen and oxygen atoms in total. The number of benzene rings is 1. The molecule has 5 rings (SSSR count). The molecule has 1 saturated carbocycles. The van der Waals surface area contributed by atoms with Crippen molar-refractivity contribution in [1.82, 2.24) is 24.7 Å². The normalized spacial score (nSPS) is 15.2. The number of aromatic amines is 1. The zero-order valence-corrected chi connectivity index (χ0v) is 16.4. The summed E-state index contributed by atoms with van der Waals surface area (Å²) in [4.78, 5) is 25.1. The van der Waals surface area contributed by atoms with Crippen LogP contribution >= 0.6 is 0 Å². The minimum atomic E-state index is -0.000578. The predicted octanol–water partition coefficient (Wildman–Crippen LogP) is 4.12. The number of amides is 1. The van der Waals surface area contributed by atoms with E-state index in [-0.39, 0.29) is 5.91 Å². The van der Waals surface area contributed by atoms with Crippen molar-refractivity contribution in [3.05, 3.63) is 65.7 Å². The fourth-order valence-electron chi connectivity index (χ4n) is 4.38. The van der Waals surface area contributed by atoms with Gasteiger partial charge in [-0.05, 0) is 18.4 Å². The second-order valence-corrected chi connectivity index (χ2v) is 7.94. The first-order valence-corrected chi connectivity index (χ1v) is 10.4. The summed E-state index contributed by atoms with van der Waals surface area (Å²) in [5, 5.41) is 3.01. The lowest BCUT2D eigenvalue weighted by molar-refractivity contribution is -0.120. The van der Waals surface area contributed by atoms with E-state index in [1.54, 1.807) is 0 Å². The van der Waals surface area contributed by atoms with Gasteiger partial charge < -0.3 is 10.3 Å². The van der Waals surface area contributed by atoms with Gasteiger partial charge in [-0.3, -0.25) is 9.20 Å². The molecule has 1 amide bonds. The highest BCUT2D eigenvalue weighted by Gasteiger charge is 2.20. The number of carbonyl (C=O) groups excluding carboxylic acids is 1. The average Bonchev–Trinajstić information content (AvgIpc) is 3.37. The molecule has 148 valence electrons. The van der Waals surface area contributed by atoms with Gasteiger partial charge in [-0.25, -0.2) is 9.97 Å². The van der Waals surface area contributed by atoms with Crippen molar-refractivity contribution in [2.75, 3.05) is 0 Å². The third kappa shape index (κ3) is 3.62. The van der Waals surface area contributed by atoms with E-state index in [0.29, 0.717) is 18.9 Å². The first kappa shape index (κ1) is 17.9. The first-order chi connectivity index (χ1) is 14.3. The molecule has 0 unspecified atom stereocenters. The summed E-state index contributed by atoms with van der Waals surface area (Å²) in [5.74, 6) is 0.537. The van der Waals surface area contributed by atoms with Crippen LogP contribution in [-0.4, -0.2) is 25.3 Å². The van der Waals surface area contributed by atoms with Crippen LogP contribution in [0, 0.1) is 0 Å². The summed E-state index contributed by atoms with van der Waals surface area (Å²) < 4.78 is 2.10. The summed E-state index contributed by atoms with van der Waals surface area (Å²) in [5.41, 5.74) is 5.78. The zero-order chi connectivity index (χ0) is 19.6. The van der Waals surface area contributed by atoms with Gasteiger partial charge in [0.15, 0.2) is 11.3 Å². The molecule has 1 aliphatic carbocycles. The molecule has 3 aromatic heterocycles. The Labute approximate surface area is 169 Å². The van der Waals surface area contributed by atoms with E-state index in [1.807, 2.05) is 42.7 Å². The van der Waals surface area contributed by atoms with Crippen molar-refractivity contribution in [2.24, 2.45) is 0 Å². The second-order valence-electron chi connectivity index (χ2n) is 7.94. The van der Waals surface area contributed by atoms with Gasteiger partial charge in [-0.15, -0.1) is 0 Å². The van der Waals surface area contributed by atoms with Crippen molar-refractivity contribution in [3.8, 4) is 0 Å². The van der Waals surface area contributed by atoms with Crippen LogP contribution in [0.15, 0.2) is 48.9 Å². The molecule has 0 bridgehead atoms. The zero-order valence-electron chi connectivity index (χ0n) is 16.4. The lowest BCUT2D eigenvalue weighted by Crippen LogP contribution is -2.24. The molecule has 6 heteroatoms. The fraction of sp³-hybridized carbons (Fsp3) is 0.348. The second kappa shape index (κ2) is 7.70. The Morgan fingerprint density at radius 1 is 1.17 bits per heavy atom. The van der Waals surface area contributed by atoms with E-state index in [9.17, 15) is 4.79 Å². The van der Waals surface area contributed by atoms with Crippen LogP contribution < -0.4 is 5.32 Å². The van der Waals surface area contributed by atoms with Crippen molar-refractivity contribution < 1.29 is 4.79 Å². The van der Waals surface area contributed by atoms with Crippen LogP contribution in [0.4, 0.5) is 0 Å². The van der Waals surface area contributed by atoms with Crippen LogP contribution in [0.1, 0.15) is 54.8 Å². The number of H-pyrrole nitrogens is 1. The quantitative estimate of drug-likeness (QED) is 0.541. The Hall–Kier alpha value is -3.15. The summed E-state index contributed by atoms with van der Waals surface area (Å²) in [7, 11) is 0. The van der Waals surface area contributed by atoms with Crippen LogP contribution in [0.2, 0.25) is 0 Å². The highest BCUT2D eigenvalue weighted by molar-refractivity contribution is 5.86. The standard InChI is InChI=1S/C23H25N5O/c29-21(24-12-16-7-3-1-4-8-16)11-18-13-25-23-22(18)28-15-19(27-20(28)14-26-23)17-9-5-2-6-10-17/h1,3-4,7-8,13-15,17,25H,2,5-6,9-12H2,(H,24,29). The molecule has 1 fully saturated rings. The number of fused-ring (bicyclic) bond motifs is 3. The Bertz CT molecular complexity index is 1140. The van der Waals surface area contributed by atoms with E-state index in [1.165, 1.54) is 32.1 Å². The topological polar surface area (TPSA) is 75.1 Å². The van der Waals surface area contributed by atoms with Gasteiger partial charge in [0.25, 0.3) is 0 Å². The maximum atomic E-state index is 12.5. The van der Waals surface area contributed by atoms with Gasteiger partial charge >= 0.3 is 0 Å². The third-order valence-electron chi connectivity index (χ3n) is 5.92. The highest BCUT2D eigenvalue weighted by atomic mass is 16.1. The number of aromatic nitrogens is 4. The maximum Gasteiger partial charge on any atom is 0.224 e. The third-order valence-corrected chi connectivity index (χ3v) is 5.92. The number of rotatable bonds is 5. The highest BCUT2D eigenvalue weighted by Crippen LogP contribution is 2.32. The number of nitrogens with zero attached hydrogens (tertiary/aromatic N) is 3. The van der Waals surface area contributed by atoms with Gasteiger partial charge in [0, 0.05) is 30.4 Å². The molecule has 1 aromatic carbocycles. The van der Waals surface area contributed by atoms with E-state index in [0.717, 1.165) is 33.6 Å². The Kier molecular flexibility index (Phi) is 4.76. The molecular formula is C23H25N5O. The first-order valence-electron chi connectivity index (χ1n) is 10.4. The molecule has 0 saturated heterocycles. The largest absolute Gasteiger partial charge is 0.352 e. The molecule has 29 heavy (non-hydrogen) atoms. The SMILES string of the molecule is O=C(Cc1c[nH]c2ncc3nc(C4CCCCC4)cn3c12)NCc1ccccc1. The lowest BCUT2D eigenvalue weighted by Gasteiger charge is -2.19. The Morgan fingerprint density at radius 3 is 2.83 bits per heavy atom. The van der Waals surface area contributed by atoms with Crippen molar-refractivity contribution in [3.63, 3.8) is 0 Å². The number of hydrogen-bond donors (Lipinski definition) is 2. The summed E-state index contributed by atoms with van der Waals surface area (Å²) in [6, 6.07) is 9.95. The maximum absolute atomic E-state index is 12.5. The molecule has 0 spiro atoms. The molecule has 0 atom stereocenters. The minimum Gasteiger partial charge on any atom is -0.352 e. The van der Waals surface area contributed by atoms with Gasteiger partial charge in [0.2, 0.25) is 5.91 Å². The summed E-state index contributed by atoms with van der Waals surface area (Å²) >= 11 is 0. The van der Waals surface area contributed by atoms with Gasteiger partial charge in [-0.1, -0.05) is 49.6 Å². The lowest BCUT2D eigenvalue weighted by atomic mass is 9.87. The Balaban J connectivity index is 1.40.